The minimum absolute atomic E-state index is 0.0392. The molecule has 0 aromatic heterocycles. The molecule has 0 unspecified atom stereocenters. The van der Waals surface area contributed by atoms with Crippen LogP contribution in [0.5, 0.6) is 0 Å². The number of amides is 2. The molecule has 2 amide bonds. The zero-order valence-electron chi connectivity index (χ0n) is 15.2. The molecule has 8 heteroatoms. The lowest BCUT2D eigenvalue weighted by Crippen LogP contribution is -2.40. The molecular weight excluding hydrogens is 368 g/mol. The third-order valence-corrected chi connectivity index (χ3v) is 7.87. The van der Waals surface area contributed by atoms with Gasteiger partial charge >= 0.3 is 12.0 Å². The van der Waals surface area contributed by atoms with Gasteiger partial charge < -0.3 is 15.7 Å². The Kier molecular flexibility index (Phi) is 6.04. The van der Waals surface area contributed by atoms with E-state index in [1.54, 1.807) is 24.3 Å². The number of anilines is 1. The number of benzene rings is 1. The zero-order valence-corrected chi connectivity index (χ0v) is 16.0. The van der Waals surface area contributed by atoms with Gasteiger partial charge in [0.25, 0.3) is 0 Å². The van der Waals surface area contributed by atoms with Crippen LogP contribution >= 0.6 is 0 Å². The monoisotopic (exact) mass is 394 g/mol. The fourth-order valence-electron chi connectivity index (χ4n) is 3.96. The van der Waals surface area contributed by atoms with Crippen LogP contribution in [0.25, 0.3) is 0 Å². The average molecular weight is 394 g/mol. The number of rotatable bonds is 5. The van der Waals surface area contributed by atoms with Gasteiger partial charge in [0, 0.05) is 11.7 Å². The van der Waals surface area contributed by atoms with Crippen LogP contribution in [0, 0.1) is 5.92 Å². The zero-order chi connectivity index (χ0) is 19.4. The quantitative estimate of drug-likeness (QED) is 0.710. The maximum Gasteiger partial charge on any atom is 0.319 e. The summed E-state index contributed by atoms with van der Waals surface area (Å²) in [5, 5.41) is 14.3. The summed E-state index contributed by atoms with van der Waals surface area (Å²) >= 11 is 0. The molecule has 27 heavy (non-hydrogen) atoms. The van der Waals surface area contributed by atoms with Crippen LogP contribution in [0.15, 0.2) is 29.2 Å². The van der Waals surface area contributed by atoms with Crippen LogP contribution in [0.2, 0.25) is 0 Å². The summed E-state index contributed by atoms with van der Waals surface area (Å²) in [5.41, 5.74) is 0.525. The minimum atomic E-state index is -3.30. The fraction of sp³-hybridized carbons (Fsp3) is 0.579. The van der Waals surface area contributed by atoms with Gasteiger partial charge in [0.05, 0.1) is 16.1 Å². The van der Waals surface area contributed by atoms with Gasteiger partial charge in [-0.05, 0) is 62.8 Å². The first-order chi connectivity index (χ1) is 12.9. The Morgan fingerprint density at radius 3 is 2.07 bits per heavy atom. The Hall–Kier alpha value is -2.09. The summed E-state index contributed by atoms with van der Waals surface area (Å²) in [7, 11) is -3.30. The molecule has 1 aromatic carbocycles. The Labute approximate surface area is 159 Å². The SMILES string of the molecule is O=C(Nc1ccc(S(=O)(=O)C2CCCC2)cc1)NC1CCC(C(=O)O)CC1. The molecule has 0 saturated heterocycles. The molecule has 2 saturated carbocycles. The van der Waals surface area contributed by atoms with Gasteiger partial charge in [-0.15, -0.1) is 0 Å². The minimum Gasteiger partial charge on any atom is -0.481 e. The van der Waals surface area contributed by atoms with Crippen molar-refractivity contribution in [2.75, 3.05) is 5.32 Å². The second kappa shape index (κ2) is 8.29. The Morgan fingerprint density at radius 2 is 1.52 bits per heavy atom. The smallest absolute Gasteiger partial charge is 0.319 e. The molecule has 0 radical (unpaired) electrons. The molecular formula is C19H26N2O5S. The Morgan fingerprint density at radius 1 is 0.926 bits per heavy atom. The van der Waals surface area contributed by atoms with Crippen LogP contribution in [0.4, 0.5) is 10.5 Å². The lowest BCUT2D eigenvalue weighted by Gasteiger charge is -2.26. The van der Waals surface area contributed by atoms with E-state index in [4.69, 9.17) is 5.11 Å². The lowest BCUT2D eigenvalue weighted by molar-refractivity contribution is -0.142. The molecule has 1 aromatic rings. The molecule has 3 N–H and O–H groups in total. The van der Waals surface area contributed by atoms with Crippen LogP contribution in [-0.2, 0) is 14.6 Å². The van der Waals surface area contributed by atoms with Crippen molar-refractivity contribution >= 4 is 27.5 Å². The van der Waals surface area contributed by atoms with E-state index in [9.17, 15) is 18.0 Å². The highest BCUT2D eigenvalue weighted by atomic mass is 32.2. The van der Waals surface area contributed by atoms with E-state index in [0.29, 0.717) is 36.3 Å². The van der Waals surface area contributed by atoms with Crippen molar-refractivity contribution in [3.63, 3.8) is 0 Å². The van der Waals surface area contributed by atoms with E-state index in [-0.39, 0.29) is 23.2 Å². The van der Waals surface area contributed by atoms with Crippen LogP contribution in [-0.4, -0.2) is 36.8 Å². The number of nitrogens with one attached hydrogen (secondary N) is 2. The van der Waals surface area contributed by atoms with Crippen LogP contribution in [0.1, 0.15) is 51.4 Å². The number of urea groups is 1. The molecule has 0 aliphatic heterocycles. The summed E-state index contributed by atoms with van der Waals surface area (Å²) in [6.07, 6.45) is 5.76. The van der Waals surface area contributed by atoms with E-state index >= 15 is 0 Å². The summed E-state index contributed by atoms with van der Waals surface area (Å²) in [6.45, 7) is 0. The molecule has 2 aliphatic carbocycles. The van der Waals surface area contributed by atoms with Gasteiger partial charge in [-0.2, -0.15) is 0 Å². The summed E-state index contributed by atoms with van der Waals surface area (Å²) in [6, 6.07) is 5.89. The Bertz CT molecular complexity index is 777. The molecule has 7 nitrogen and oxygen atoms in total. The third-order valence-electron chi connectivity index (χ3n) is 5.59. The molecule has 0 heterocycles. The van der Waals surface area contributed by atoms with Gasteiger partial charge in [0.1, 0.15) is 0 Å². The number of carbonyl (C=O) groups is 2. The maximum atomic E-state index is 12.6. The lowest BCUT2D eigenvalue weighted by atomic mass is 9.86. The highest BCUT2D eigenvalue weighted by Crippen LogP contribution is 2.30. The second-order valence-electron chi connectivity index (χ2n) is 7.46. The Balaban J connectivity index is 1.52. The van der Waals surface area contributed by atoms with Crippen molar-refractivity contribution in [2.24, 2.45) is 5.92 Å². The topological polar surface area (TPSA) is 113 Å². The van der Waals surface area contributed by atoms with E-state index in [1.165, 1.54) is 0 Å². The van der Waals surface area contributed by atoms with E-state index in [2.05, 4.69) is 10.6 Å². The number of sulfone groups is 1. The van der Waals surface area contributed by atoms with Crippen LogP contribution in [0.3, 0.4) is 0 Å². The van der Waals surface area contributed by atoms with Gasteiger partial charge in [-0.3, -0.25) is 4.79 Å². The molecule has 3 rings (SSSR count). The number of aliphatic carboxylic acids is 1. The predicted octanol–water partition coefficient (Wildman–Crippen LogP) is 3.17. The van der Waals surface area contributed by atoms with E-state index in [0.717, 1.165) is 25.7 Å². The van der Waals surface area contributed by atoms with Crippen molar-refractivity contribution in [2.45, 2.75) is 67.6 Å². The summed E-state index contributed by atoms with van der Waals surface area (Å²) in [4.78, 5) is 23.4. The molecule has 2 fully saturated rings. The van der Waals surface area contributed by atoms with E-state index in [1.807, 2.05) is 0 Å². The van der Waals surface area contributed by atoms with Gasteiger partial charge in [-0.25, -0.2) is 13.2 Å². The first-order valence-corrected chi connectivity index (χ1v) is 11.0. The molecule has 0 spiro atoms. The molecule has 2 aliphatic rings. The number of carboxylic acid groups (broad SMARTS) is 1. The number of hydrogen-bond donors (Lipinski definition) is 3. The number of carboxylic acids is 1. The fourth-order valence-corrected chi connectivity index (χ4v) is 5.81. The number of hydrogen-bond acceptors (Lipinski definition) is 4. The first-order valence-electron chi connectivity index (χ1n) is 9.50. The highest BCUT2D eigenvalue weighted by molar-refractivity contribution is 7.92. The van der Waals surface area contributed by atoms with Crippen LogP contribution < -0.4 is 10.6 Å². The van der Waals surface area contributed by atoms with Gasteiger partial charge in [-0.1, -0.05) is 12.8 Å². The number of carbonyl (C=O) groups excluding carboxylic acids is 1. The third kappa shape index (κ3) is 4.80. The van der Waals surface area contributed by atoms with Crippen molar-refractivity contribution < 1.29 is 23.1 Å². The van der Waals surface area contributed by atoms with Crippen molar-refractivity contribution in [3.8, 4) is 0 Å². The second-order valence-corrected chi connectivity index (χ2v) is 9.69. The molecule has 148 valence electrons. The molecule has 0 atom stereocenters. The van der Waals surface area contributed by atoms with E-state index < -0.39 is 15.8 Å². The molecule has 0 bridgehead atoms. The van der Waals surface area contributed by atoms with Crippen molar-refractivity contribution in [1.29, 1.82) is 0 Å². The first kappa shape index (κ1) is 19.7. The largest absolute Gasteiger partial charge is 0.481 e. The average Bonchev–Trinajstić information content (AvgIpc) is 3.18. The maximum absolute atomic E-state index is 12.6. The summed E-state index contributed by atoms with van der Waals surface area (Å²) < 4.78 is 25.1. The van der Waals surface area contributed by atoms with Crippen molar-refractivity contribution in [3.05, 3.63) is 24.3 Å². The normalized spacial score (nSPS) is 23.7. The van der Waals surface area contributed by atoms with Crippen molar-refractivity contribution in [1.82, 2.24) is 5.32 Å². The highest BCUT2D eigenvalue weighted by Gasteiger charge is 2.30. The summed E-state index contributed by atoms with van der Waals surface area (Å²) in [5.74, 6) is -1.09. The van der Waals surface area contributed by atoms with Gasteiger partial charge in [0.15, 0.2) is 9.84 Å². The predicted molar refractivity (Wildman–Crippen MR) is 101 cm³/mol. The van der Waals surface area contributed by atoms with Gasteiger partial charge in [0.2, 0.25) is 0 Å². The standard InChI is InChI=1S/C19H26N2O5S/c22-18(23)13-5-7-14(8-6-13)20-19(24)21-15-9-11-17(12-10-15)27(25,26)16-3-1-2-4-16/h9-14,16H,1-8H2,(H,22,23)(H2,20,21,24).